The van der Waals surface area contributed by atoms with Gasteiger partial charge in [0.15, 0.2) is 6.10 Å². The van der Waals surface area contributed by atoms with Crippen LogP contribution in [-0.2, 0) is 23.8 Å². The maximum atomic E-state index is 12.7. The maximum Gasteiger partial charge on any atom is 0.306 e. The molecule has 0 aromatic heterocycles. The van der Waals surface area contributed by atoms with E-state index in [1.54, 1.807) is 0 Å². The average Bonchev–Trinajstić information content (AvgIpc) is 3.27. The van der Waals surface area contributed by atoms with Crippen molar-refractivity contribution in [3.05, 3.63) is 36.5 Å². The van der Waals surface area contributed by atoms with Gasteiger partial charge in [-0.2, -0.15) is 0 Å². The molecule has 0 aromatic carbocycles. The molecule has 0 amide bonds. The number of allylic oxidation sites excluding steroid dienone is 6. The first-order chi connectivity index (χ1) is 30.6. The number of unbranched alkanes of at least 4 members (excludes halogenated alkanes) is 34. The molecule has 0 aliphatic heterocycles. The topological polar surface area (TPSA) is 61.8 Å². The fourth-order valence-corrected chi connectivity index (χ4v) is 8.05. The van der Waals surface area contributed by atoms with Gasteiger partial charge in [-0.05, 0) is 57.8 Å². The Morgan fingerprint density at radius 1 is 0.355 bits per heavy atom. The Morgan fingerprint density at radius 2 is 0.677 bits per heavy atom. The summed E-state index contributed by atoms with van der Waals surface area (Å²) in [6.45, 7) is 7.81. The molecule has 0 aromatic rings. The van der Waals surface area contributed by atoms with Gasteiger partial charge in [0.2, 0.25) is 0 Å². The Balaban J connectivity index is 4.06. The van der Waals surface area contributed by atoms with Gasteiger partial charge in [0.1, 0.15) is 6.61 Å². The summed E-state index contributed by atoms with van der Waals surface area (Å²) >= 11 is 0. The molecule has 1 unspecified atom stereocenters. The summed E-state index contributed by atoms with van der Waals surface area (Å²) in [6.07, 6.45) is 64.6. The molecule has 0 radical (unpaired) electrons. The molecule has 0 N–H and O–H groups in total. The summed E-state index contributed by atoms with van der Waals surface area (Å²) in [4.78, 5) is 25.3. The molecular weight excluding hydrogens is 765 g/mol. The van der Waals surface area contributed by atoms with Crippen LogP contribution in [-0.4, -0.2) is 37.9 Å². The van der Waals surface area contributed by atoms with Crippen LogP contribution in [0.1, 0.15) is 290 Å². The fourth-order valence-electron chi connectivity index (χ4n) is 8.05. The zero-order valence-corrected chi connectivity index (χ0v) is 41.9. The number of esters is 2. The first-order valence-electron chi connectivity index (χ1n) is 27.5. The zero-order chi connectivity index (χ0) is 44.9. The minimum absolute atomic E-state index is 0.0837. The first-order valence-corrected chi connectivity index (χ1v) is 27.5. The predicted molar refractivity (Wildman–Crippen MR) is 270 cm³/mol. The van der Waals surface area contributed by atoms with Crippen LogP contribution >= 0.6 is 0 Å². The van der Waals surface area contributed by atoms with Crippen LogP contribution in [0, 0.1) is 0 Å². The number of hydrogen-bond acceptors (Lipinski definition) is 5. The van der Waals surface area contributed by atoms with Crippen molar-refractivity contribution in [1.29, 1.82) is 0 Å². The molecule has 0 saturated carbocycles. The SMILES string of the molecule is CCCCC/C=C\C/C=C\C/C=C\CCCCCCCCC(=O)OCC(COCCCCCCCCCCCCCCCCCCCCCC)OC(=O)CCCCCCCCC. The number of carbonyl (C=O) groups excluding carboxylic acids is 2. The van der Waals surface area contributed by atoms with Gasteiger partial charge in [0.05, 0.1) is 6.61 Å². The summed E-state index contributed by atoms with van der Waals surface area (Å²) in [5, 5.41) is 0. The molecule has 0 saturated heterocycles. The number of hydrogen-bond donors (Lipinski definition) is 0. The monoisotopic (exact) mass is 871 g/mol. The lowest BCUT2D eigenvalue weighted by atomic mass is 10.0. The summed E-state index contributed by atoms with van der Waals surface area (Å²) in [6, 6.07) is 0. The van der Waals surface area contributed by atoms with Crippen LogP contribution < -0.4 is 0 Å². The van der Waals surface area contributed by atoms with E-state index in [0.29, 0.717) is 19.4 Å². The molecule has 1 atom stereocenters. The van der Waals surface area contributed by atoms with Gasteiger partial charge < -0.3 is 14.2 Å². The molecular formula is C57H106O5. The zero-order valence-electron chi connectivity index (χ0n) is 41.9. The molecule has 0 fully saturated rings. The lowest BCUT2D eigenvalue weighted by Crippen LogP contribution is -2.30. The van der Waals surface area contributed by atoms with Crippen molar-refractivity contribution >= 4 is 11.9 Å². The van der Waals surface area contributed by atoms with Gasteiger partial charge in [-0.3, -0.25) is 9.59 Å². The molecule has 0 aliphatic rings. The number of rotatable bonds is 51. The van der Waals surface area contributed by atoms with Crippen LogP contribution in [0.4, 0.5) is 0 Å². The lowest BCUT2D eigenvalue weighted by Gasteiger charge is -2.18. The van der Waals surface area contributed by atoms with Gasteiger partial charge in [0, 0.05) is 19.4 Å². The van der Waals surface area contributed by atoms with Crippen molar-refractivity contribution in [2.45, 2.75) is 297 Å². The fraction of sp³-hybridized carbons (Fsp3) is 0.860. The Morgan fingerprint density at radius 3 is 1.11 bits per heavy atom. The van der Waals surface area contributed by atoms with E-state index in [2.05, 4.69) is 57.2 Å². The maximum absolute atomic E-state index is 12.7. The second-order valence-electron chi connectivity index (χ2n) is 18.5. The highest BCUT2D eigenvalue weighted by atomic mass is 16.6. The largest absolute Gasteiger partial charge is 0.462 e. The Hall–Kier alpha value is -1.88. The van der Waals surface area contributed by atoms with Gasteiger partial charge >= 0.3 is 11.9 Å². The third-order valence-corrected chi connectivity index (χ3v) is 12.2. The Labute approximate surface area is 387 Å². The van der Waals surface area contributed by atoms with E-state index in [9.17, 15) is 9.59 Å². The normalized spacial score (nSPS) is 12.4. The van der Waals surface area contributed by atoms with Gasteiger partial charge in [-0.1, -0.05) is 256 Å². The van der Waals surface area contributed by atoms with Crippen molar-refractivity contribution < 1.29 is 23.8 Å². The van der Waals surface area contributed by atoms with Crippen molar-refractivity contribution in [2.24, 2.45) is 0 Å². The molecule has 0 spiro atoms. The molecule has 5 nitrogen and oxygen atoms in total. The Kier molecular flexibility index (Phi) is 51.8. The van der Waals surface area contributed by atoms with Crippen molar-refractivity contribution in [3.63, 3.8) is 0 Å². The van der Waals surface area contributed by atoms with E-state index in [-0.39, 0.29) is 25.2 Å². The molecule has 364 valence electrons. The number of carbonyl (C=O) groups is 2. The minimum Gasteiger partial charge on any atom is -0.462 e. The van der Waals surface area contributed by atoms with Crippen molar-refractivity contribution in [2.75, 3.05) is 19.8 Å². The molecule has 0 aliphatic carbocycles. The third-order valence-electron chi connectivity index (χ3n) is 12.2. The molecule has 0 heterocycles. The second-order valence-corrected chi connectivity index (χ2v) is 18.5. The summed E-state index contributed by atoms with van der Waals surface area (Å²) in [5.41, 5.74) is 0. The van der Waals surface area contributed by atoms with Gasteiger partial charge in [-0.15, -0.1) is 0 Å². The van der Waals surface area contributed by atoms with E-state index in [4.69, 9.17) is 14.2 Å². The Bertz CT molecular complexity index is 986. The van der Waals surface area contributed by atoms with Crippen LogP contribution in [0.15, 0.2) is 36.5 Å². The first kappa shape index (κ1) is 60.1. The highest BCUT2D eigenvalue weighted by Crippen LogP contribution is 2.16. The van der Waals surface area contributed by atoms with Crippen LogP contribution in [0.3, 0.4) is 0 Å². The van der Waals surface area contributed by atoms with E-state index in [1.807, 2.05) is 0 Å². The van der Waals surface area contributed by atoms with Gasteiger partial charge in [0.25, 0.3) is 0 Å². The molecule has 62 heavy (non-hydrogen) atoms. The predicted octanol–water partition coefficient (Wildman–Crippen LogP) is 18.6. The molecule has 0 bridgehead atoms. The summed E-state index contributed by atoms with van der Waals surface area (Å²) in [7, 11) is 0. The minimum atomic E-state index is -0.534. The standard InChI is InChI=1S/C57H106O5/c1-4-7-10-13-16-18-20-22-24-26-28-30-32-34-36-38-40-43-46-49-52-60-53-55(62-57(59)51-48-45-41-15-12-9-6-3)54-61-56(58)50-47-44-42-39-37-35-33-31-29-27-25-23-21-19-17-14-11-8-5-2/h17,19,23,25,29,31,55H,4-16,18,20-22,24,26-28,30,32-54H2,1-3H3/b19-17-,25-23-,31-29-. The smallest absolute Gasteiger partial charge is 0.306 e. The van der Waals surface area contributed by atoms with Crippen molar-refractivity contribution in [1.82, 2.24) is 0 Å². The van der Waals surface area contributed by atoms with E-state index in [0.717, 1.165) is 57.8 Å². The van der Waals surface area contributed by atoms with E-state index < -0.39 is 6.10 Å². The van der Waals surface area contributed by atoms with Crippen LogP contribution in [0.2, 0.25) is 0 Å². The van der Waals surface area contributed by atoms with Crippen LogP contribution in [0.5, 0.6) is 0 Å². The van der Waals surface area contributed by atoms with Crippen LogP contribution in [0.25, 0.3) is 0 Å². The second kappa shape index (κ2) is 53.5. The van der Waals surface area contributed by atoms with Gasteiger partial charge in [-0.25, -0.2) is 0 Å². The highest BCUT2D eigenvalue weighted by molar-refractivity contribution is 5.70. The highest BCUT2D eigenvalue weighted by Gasteiger charge is 2.17. The lowest BCUT2D eigenvalue weighted by molar-refractivity contribution is -0.163. The molecule has 0 rings (SSSR count). The summed E-state index contributed by atoms with van der Waals surface area (Å²) < 4.78 is 17.4. The average molecular weight is 871 g/mol. The van der Waals surface area contributed by atoms with E-state index >= 15 is 0 Å². The quantitative estimate of drug-likeness (QED) is 0.0346. The molecule has 5 heteroatoms. The summed E-state index contributed by atoms with van der Waals surface area (Å²) in [5.74, 6) is -0.403. The third kappa shape index (κ3) is 50.8. The number of ether oxygens (including phenoxy) is 3. The van der Waals surface area contributed by atoms with E-state index in [1.165, 1.54) is 199 Å². The van der Waals surface area contributed by atoms with Crippen molar-refractivity contribution in [3.8, 4) is 0 Å².